The second-order valence-corrected chi connectivity index (χ2v) is 6.88. The summed E-state index contributed by atoms with van der Waals surface area (Å²) in [6, 6.07) is -0.468. The van der Waals surface area contributed by atoms with Crippen LogP contribution in [0.3, 0.4) is 0 Å². The fraction of sp³-hybridized carbons (Fsp3) is 0.857. The highest BCUT2D eigenvalue weighted by molar-refractivity contribution is 5.95. The normalized spacial score (nSPS) is 24.9. The predicted octanol–water partition coefficient (Wildman–Crippen LogP) is 0.848. The second-order valence-electron chi connectivity index (χ2n) is 6.88. The summed E-state index contributed by atoms with van der Waals surface area (Å²) >= 11 is 0. The van der Waals surface area contributed by atoms with E-state index < -0.39 is 11.6 Å². The van der Waals surface area contributed by atoms with Crippen LogP contribution in [0.2, 0.25) is 0 Å². The summed E-state index contributed by atoms with van der Waals surface area (Å²) in [5.41, 5.74) is -1.01. The van der Waals surface area contributed by atoms with E-state index in [0.717, 1.165) is 19.4 Å². The number of nitrogens with one attached hydrogen (secondary N) is 2. The molecule has 0 spiro atoms. The number of carbonyl (C=O) groups excluding carboxylic acids is 2. The van der Waals surface area contributed by atoms with Crippen molar-refractivity contribution in [3.8, 4) is 0 Å². The van der Waals surface area contributed by atoms with E-state index in [0.29, 0.717) is 13.0 Å². The average molecular weight is 285 g/mol. The summed E-state index contributed by atoms with van der Waals surface area (Å²) in [7, 11) is 0. The molecule has 0 radical (unpaired) electrons. The molecule has 6 nitrogen and oxygen atoms in total. The number of carbonyl (C=O) groups is 2. The Bertz CT molecular complexity index is 361. The second kappa shape index (κ2) is 6.54. The zero-order chi connectivity index (χ0) is 15.4. The van der Waals surface area contributed by atoms with Gasteiger partial charge in [-0.05, 0) is 53.5 Å². The number of aliphatic hydroxyl groups is 1. The molecule has 3 N–H and O–H groups in total. The minimum Gasteiger partial charge on any atom is -0.390 e. The van der Waals surface area contributed by atoms with Crippen molar-refractivity contribution in [3.63, 3.8) is 0 Å². The van der Waals surface area contributed by atoms with Crippen molar-refractivity contribution in [3.05, 3.63) is 0 Å². The lowest BCUT2D eigenvalue weighted by Gasteiger charge is -2.23. The van der Waals surface area contributed by atoms with Gasteiger partial charge in [0.15, 0.2) is 0 Å². The Kier molecular flexibility index (Phi) is 5.53. The number of urea groups is 1. The highest BCUT2D eigenvalue weighted by Crippen LogP contribution is 2.20. The lowest BCUT2D eigenvalue weighted by molar-refractivity contribution is -0.121. The number of likely N-dealkylation sites (tertiary alicyclic amines) is 1. The standard InChI is InChI=1S/C14H27N3O3/c1-13(2,3)16-12(19)15-11(18)10-17-8-5-6-14(4,20)7-9-17/h20H,5-10H2,1-4H3,(H2,15,16,18,19). The third-order valence-corrected chi connectivity index (χ3v) is 3.27. The minimum absolute atomic E-state index is 0.188. The summed E-state index contributed by atoms with van der Waals surface area (Å²) in [5, 5.41) is 15.0. The molecule has 1 fully saturated rings. The lowest BCUT2D eigenvalue weighted by Crippen LogP contribution is -2.50. The van der Waals surface area contributed by atoms with Gasteiger partial charge in [0.25, 0.3) is 0 Å². The number of hydrogen-bond acceptors (Lipinski definition) is 4. The van der Waals surface area contributed by atoms with Crippen molar-refractivity contribution in [2.45, 2.75) is 58.1 Å². The molecule has 1 saturated heterocycles. The molecule has 0 saturated carbocycles. The van der Waals surface area contributed by atoms with Crippen molar-refractivity contribution in [1.29, 1.82) is 0 Å². The van der Waals surface area contributed by atoms with Gasteiger partial charge in [0.2, 0.25) is 5.91 Å². The van der Waals surface area contributed by atoms with E-state index in [1.807, 2.05) is 32.6 Å². The van der Waals surface area contributed by atoms with E-state index in [1.54, 1.807) is 0 Å². The van der Waals surface area contributed by atoms with Gasteiger partial charge in [-0.15, -0.1) is 0 Å². The first-order chi connectivity index (χ1) is 9.07. The summed E-state index contributed by atoms with van der Waals surface area (Å²) in [4.78, 5) is 25.4. The van der Waals surface area contributed by atoms with Crippen LogP contribution in [0.1, 0.15) is 47.0 Å². The largest absolute Gasteiger partial charge is 0.390 e. The molecular weight excluding hydrogens is 258 g/mol. The zero-order valence-corrected chi connectivity index (χ0v) is 13.0. The summed E-state index contributed by atoms with van der Waals surface area (Å²) in [6.07, 6.45) is 2.25. The number of imide groups is 1. The van der Waals surface area contributed by atoms with Gasteiger partial charge in [0.05, 0.1) is 12.1 Å². The quantitative estimate of drug-likeness (QED) is 0.702. The summed E-state index contributed by atoms with van der Waals surface area (Å²) in [5.74, 6) is -0.312. The maximum atomic E-state index is 11.8. The smallest absolute Gasteiger partial charge is 0.321 e. The highest BCUT2D eigenvalue weighted by Gasteiger charge is 2.26. The number of amides is 3. The Morgan fingerprint density at radius 3 is 2.50 bits per heavy atom. The monoisotopic (exact) mass is 285 g/mol. The molecule has 1 heterocycles. The Morgan fingerprint density at radius 2 is 1.90 bits per heavy atom. The summed E-state index contributed by atoms with van der Waals surface area (Å²) < 4.78 is 0. The average Bonchev–Trinajstić information content (AvgIpc) is 2.37. The molecule has 20 heavy (non-hydrogen) atoms. The van der Waals surface area contributed by atoms with Gasteiger partial charge in [-0.2, -0.15) is 0 Å². The maximum Gasteiger partial charge on any atom is 0.321 e. The first-order valence-electron chi connectivity index (χ1n) is 7.14. The first kappa shape index (κ1) is 16.9. The Morgan fingerprint density at radius 1 is 1.25 bits per heavy atom. The van der Waals surface area contributed by atoms with Crippen LogP contribution < -0.4 is 10.6 Å². The number of rotatable bonds is 2. The first-order valence-corrected chi connectivity index (χ1v) is 7.14. The maximum absolute atomic E-state index is 11.8. The van der Waals surface area contributed by atoms with E-state index in [1.165, 1.54) is 0 Å². The van der Waals surface area contributed by atoms with Crippen LogP contribution >= 0.6 is 0 Å². The molecule has 1 atom stereocenters. The van der Waals surface area contributed by atoms with E-state index in [2.05, 4.69) is 10.6 Å². The predicted molar refractivity (Wildman–Crippen MR) is 77.3 cm³/mol. The minimum atomic E-state index is -0.644. The van der Waals surface area contributed by atoms with Crippen LogP contribution in [0.25, 0.3) is 0 Å². The molecule has 1 aliphatic rings. The van der Waals surface area contributed by atoms with E-state index in [9.17, 15) is 14.7 Å². The molecule has 0 aromatic rings. The van der Waals surface area contributed by atoms with E-state index >= 15 is 0 Å². The van der Waals surface area contributed by atoms with Crippen molar-refractivity contribution in [2.75, 3.05) is 19.6 Å². The molecule has 116 valence electrons. The van der Waals surface area contributed by atoms with Gasteiger partial charge in [-0.3, -0.25) is 15.0 Å². The van der Waals surface area contributed by atoms with Crippen LogP contribution in [0.4, 0.5) is 4.79 Å². The molecule has 1 aliphatic heterocycles. The molecule has 1 rings (SSSR count). The van der Waals surface area contributed by atoms with Gasteiger partial charge < -0.3 is 10.4 Å². The number of hydrogen-bond donors (Lipinski definition) is 3. The third-order valence-electron chi connectivity index (χ3n) is 3.27. The zero-order valence-electron chi connectivity index (χ0n) is 13.0. The molecule has 0 aromatic carbocycles. The van der Waals surface area contributed by atoms with Crippen LogP contribution in [-0.2, 0) is 4.79 Å². The fourth-order valence-corrected chi connectivity index (χ4v) is 2.22. The highest BCUT2D eigenvalue weighted by atomic mass is 16.3. The Hall–Kier alpha value is -1.14. The Balaban J connectivity index is 2.37. The fourth-order valence-electron chi connectivity index (χ4n) is 2.22. The molecule has 0 aliphatic carbocycles. The summed E-state index contributed by atoms with van der Waals surface area (Å²) in [6.45, 7) is 9.02. The van der Waals surface area contributed by atoms with Gasteiger partial charge in [0.1, 0.15) is 0 Å². The SMILES string of the molecule is CC1(O)CCCN(CC(=O)NC(=O)NC(C)(C)C)CC1. The number of nitrogens with zero attached hydrogens (tertiary/aromatic N) is 1. The van der Waals surface area contributed by atoms with Crippen molar-refractivity contribution in [2.24, 2.45) is 0 Å². The van der Waals surface area contributed by atoms with Gasteiger partial charge >= 0.3 is 6.03 Å². The van der Waals surface area contributed by atoms with Gasteiger partial charge in [-0.25, -0.2) is 4.79 Å². The van der Waals surface area contributed by atoms with Gasteiger partial charge in [0, 0.05) is 12.1 Å². The third kappa shape index (κ3) is 6.86. The van der Waals surface area contributed by atoms with Crippen LogP contribution in [-0.4, -0.2) is 52.7 Å². The van der Waals surface area contributed by atoms with E-state index in [-0.39, 0.29) is 18.0 Å². The molecule has 0 bridgehead atoms. The molecule has 6 heteroatoms. The van der Waals surface area contributed by atoms with Crippen molar-refractivity contribution < 1.29 is 14.7 Å². The molecule has 1 unspecified atom stereocenters. The van der Waals surface area contributed by atoms with Crippen molar-refractivity contribution >= 4 is 11.9 Å². The van der Waals surface area contributed by atoms with Crippen molar-refractivity contribution in [1.82, 2.24) is 15.5 Å². The molecule has 0 aromatic heterocycles. The lowest BCUT2D eigenvalue weighted by atomic mass is 9.98. The molecule has 3 amide bonds. The van der Waals surface area contributed by atoms with Crippen LogP contribution in [0, 0.1) is 0 Å². The van der Waals surface area contributed by atoms with E-state index in [4.69, 9.17) is 0 Å². The van der Waals surface area contributed by atoms with Crippen LogP contribution in [0.5, 0.6) is 0 Å². The van der Waals surface area contributed by atoms with Gasteiger partial charge in [-0.1, -0.05) is 0 Å². The molecular formula is C14H27N3O3. The van der Waals surface area contributed by atoms with Crippen LogP contribution in [0.15, 0.2) is 0 Å². The Labute approximate surface area is 120 Å². The topological polar surface area (TPSA) is 81.7 Å².